The van der Waals surface area contributed by atoms with E-state index in [0.29, 0.717) is 12.8 Å². The molecule has 0 saturated carbocycles. The van der Waals surface area contributed by atoms with Gasteiger partial charge in [0.15, 0.2) is 6.10 Å². The second-order valence-electron chi connectivity index (χ2n) is 14.0. The van der Waals surface area contributed by atoms with Crippen molar-refractivity contribution in [1.82, 2.24) is 0 Å². The molecule has 0 bridgehead atoms. The van der Waals surface area contributed by atoms with E-state index in [-0.39, 0.29) is 19.4 Å². The smallest absolute Gasteiger partial charge is 0.462 e. The quantitative estimate of drug-likeness (QED) is 0.0240. The van der Waals surface area contributed by atoms with Crippen LogP contribution in [0.1, 0.15) is 194 Å². The lowest BCUT2D eigenvalue weighted by Crippen LogP contribution is -2.29. The highest BCUT2D eigenvalue weighted by atomic mass is 31.2. The fourth-order valence-corrected chi connectivity index (χ4v) is 6.48. The van der Waals surface area contributed by atoms with Gasteiger partial charge >= 0.3 is 19.8 Å². The van der Waals surface area contributed by atoms with Crippen molar-refractivity contribution in [3.63, 3.8) is 0 Å². The molecular formula is C40H77O10P. The Morgan fingerprint density at radius 2 is 0.961 bits per heavy atom. The van der Waals surface area contributed by atoms with Crippen LogP contribution in [0.15, 0.2) is 12.2 Å². The Hall–Kier alpha value is -1.29. The predicted octanol–water partition coefficient (Wildman–Crippen LogP) is 10.4. The summed E-state index contributed by atoms with van der Waals surface area (Å²) >= 11 is 0. The number of rotatable bonds is 39. The maximum atomic E-state index is 12.6. The Kier molecular flexibility index (Phi) is 36.1. The molecule has 0 aliphatic rings. The maximum Gasteiger partial charge on any atom is 0.472 e. The Morgan fingerprint density at radius 1 is 0.569 bits per heavy atom. The van der Waals surface area contributed by atoms with Crippen LogP contribution in [0.25, 0.3) is 0 Å². The summed E-state index contributed by atoms with van der Waals surface area (Å²) in [5.41, 5.74) is 0. The minimum atomic E-state index is -4.61. The number of phosphoric ester groups is 1. The number of unbranched alkanes of at least 4 members (excludes halogenated alkanes) is 23. The SMILES string of the molecule is CCCCCCC/C=C\CCCCCCCC(=O)O[C@H](COC(=O)CCCCCCCCCCCCCCCC)COP(=O)(O)OC[C@@H](O)CO. The normalized spacial score (nSPS) is 14.1. The van der Waals surface area contributed by atoms with Gasteiger partial charge in [-0.1, -0.05) is 154 Å². The van der Waals surface area contributed by atoms with Gasteiger partial charge in [-0.3, -0.25) is 18.6 Å². The van der Waals surface area contributed by atoms with Crippen molar-refractivity contribution < 1.29 is 47.8 Å². The van der Waals surface area contributed by atoms with Gasteiger partial charge in [0.25, 0.3) is 0 Å². The second kappa shape index (κ2) is 37.0. The molecule has 0 amide bonds. The zero-order chi connectivity index (χ0) is 37.7. The van der Waals surface area contributed by atoms with Crippen molar-refractivity contribution in [2.45, 2.75) is 206 Å². The van der Waals surface area contributed by atoms with Crippen LogP contribution < -0.4 is 0 Å². The van der Waals surface area contributed by atoms with E-state index in [0.717, 1.165) is 57.8 Å². The highest BCUT2D eigenvalue weighted by Crippen LogP contribution is 2.43. The van der Waals surface area contributed by atoms with Crippen LogP contribution in [0.2, 0.25) is 0 Å². The number of phosphoric acid groups is 1. The Labute approximate surface area is 311 Å². The van der Waals surface area contributed by atoms with E-state index in [2.05, 4.69) is 30.5 Å². The van der Waals surface area contributed by atoms with Crippen LogP contribution in [0.4, 0.5) is 0 Å². The third-order valence-electron chi connectivity index (χ3n) is 8.92. The van der Waals surface area contributed by atoms with Crippen LogP contribution in [0.5, 0.6) is 0 Å². The molecule has 0 aliphatic heterocycles. The Morgan fingerprint density at radius 3 is 1.41 bits per heavy atom. The van der Waals surface area contributed by atoms with E-state index >= 15 is 0 Å². The predicted molar refractivity (Wildman–Crippen MR) is 205 cm³/mol. The van der Waals surface area contributed by atoms with Gasteiger partial charge in [-0.25, -0.2) is 4.57 Å². The van der Waals surface area contributed by atoms with E-state index in [4.69, 9.17) is 19.1 Å². The molecule has 10 nitrogen and oxygen atoms in total. The highest BCUT2D eigenvalue weighted by molar-refractivity contribution is 7.47. The van der Waals surface area contributed by atoms with Gasteiger partial charge in [0.1, 0.15) is 12.7 Å². The Balaban J connectivity index is 4.32. The summed E-state index contributed by atoms with van der Waals surface area (Å²) in [6.45, 7) is 2.37. The summed E-state index contributed by atoms with van der Waals surface area (Å²) in [6.07, 6.45) is 33.2. The van der Waals surface area contributed by atoms with E-state index in [9.17, 15) is 24.2 Å². The molecule has 3 atom stereocenters. The van der Waals surface area contributed by atoms with E-state index in [1.165, 1.54) is 96.3 Å². The van der Waals surface area contributed by atoms with Crippen molar-refractivity contribution in [3.8, 4) is 0 Å². The average Bonchev–Trinajstić information content (AvgIpc) is 3.12. The minimum absolute atomic E-state index is 0.178. The van der Waals surface area contributed by atoms with Crippen LogP contribution in [0.3, 0.4) is 0 Å². The number of esters is 2. The summed E-state index contributed by atoms with van der Waals surface area (Å²) in [7, 11) is -4.61. The van der Waals surface area contributed by atoms with Gasteiger partial charge in [0, 0.05) is 12.8 Å². The molecule has 0 radical (unpaired) electrons. The summed E-state index contributed by atoms with van der Waals surface area (Å²) < 4.78 is 32.6. The molecule has 0 aliphatic carbocycles. The molecule has 0 heterocycles. The van der Waals surface area contributed by atoms with Crippen LogP contribution in [-0.4, -0.2) is 65.7 Å². The number of ether oxygens (including phenoxy) is 2. The largest absolute Gasteiger partial charge is 0.472 e. The van der Waals surface area contributed by atoms with Gasteiger partial charge in [-0.15, -0.1) is 0 Å². The second-order valence-corrected chi connectivity index (χ2v) is 15.5. The number of aliphatic hydroxyl groups is 2. The van der Waals surface area contributed by atoms with Crippen LogP contribution >= 0.6 is 7.82 Å². The molecule has 0 saturated heterocycles. The Bertz CT molecular complexity index is 868. The molecule has 0 aromatic heterocycles. The van der Waals surface area contributed by atoms with E-state index in [1.807, 2.05) is 0 Å². The number of allylic oxidation sites excluding steroid dienone is 2. The minimum Gasteiger partial charge on any atom is -0.462 e. The van der Waals surface area contributed by atoms with Crippen molar-refractivity contribution in [2.24, 2.45) is 0 Å². The van der Waals surface area contributed by atoms with E-state index < -0.39 is 51.8 Å². The molecule has 51 heavy (non-hydrogen) atoms. The average molecular weight is 749 g/mol. The molecule has 1 unspecified atom stereocenters. The van der Waals surface area contributed by atoms with Crippen molar-refractivity contribution in [2.75, 3.05) is 26.4 Å². The third kappa shape index (κ3) is 36.8. The zero-order valence-electron chi connectivity index (χ0n) is 32.6. The lowest BCUT2D eigenvalue weighted by atomic mass is 10.0. The van der Waals surface area contributed by atoms with Crippen LogP contribution in [0, 0.1) is 0 Å². The molecule has 302 valence electrons. The van der Waals surface area contributed by atoms with Gasteiger partial charge in [-0.2, -0.15) is 0 Å². The highest BCUT2D eigenvalue weighted by Gasteiger charge is 2.27. The molecule has 0 aromatic rings. The van der Waals surface area contributed by atoms with Gasteiger partial charge in [-0.05, 0) is 38.5 Å². The number of hydrogen-bond donors (Lipinski definition) is 3. The lowest BCUT2D eigenvalue weighted by Gasteiger charge is -2.20. The number of aliphatic hydroxyl groups excluding tert-OH is 2. The maximum absolute atomic E-state index is 12.6. The summed E-state index contributed by atoms with van der Waals surface area (Å²) in [6, 6.07) is 0. The molecular weight excluding hydrogens is 671 g/mol. The van der Waals surface area contributed by atoms with Crippen molar-refractivity contribution in [1.29, 1.82) is 0 Å². The molecule has 3 N–H and O–H groups in total. The van der Waals surface area contributed by atoms with Gasteiger partial charge < -0.3 is 24.6 Å². The topological polar surface area (TPSA) is 149 Å². The first kappa shape index (κ1) is 49.7. The molecule has 0 spiro atoms. The first-order chi connectivity index (χ1) is 24.7. The number of hydrogen-bond acceptors (Lipinski definition) is 9. The summed E-state index contributed by atoms with van der Waals surface area (Å²) in [5, 5.41) is 18.3. The first-order valence-corrected chi connectivity index (χ1v) is 22.1. The monoisotopic (exact) mass is 749 g/mol. The summed E-state index contributed by atoms with van der Waals surface area (Å²) in [4.78, 5) is 34.9. The fraction of sp³-hybridized carbons (Fsp3) is 0.900. The van der Waals surface area contributed by atoms with Gasteiger partial charge in [0.05, 0.1) is 19.8 Å². The lowest BCUT2D eigenvalue weighted by molar-refractivity contribution is -0.161. The molecule has 0 aromatic carbocycles. The van der Waals surface area contributed by atoms with Crippen molar-refractivity contribution in [3.05, 3.63) is 12.2 Å². The molecule has 0 fully saturated rings. The molecule has 0 rings (SSSR count). The zero-order valence-corrected chi connectivity index (χ0v) is 33.5. The summed E-state index contributed by atoms with van der Waals surface area (Å²) in [5.74, 6) is -0.927. The third-order valence-corrected chi connectivity index (χ3v) is 9.87. The van der Waals surface area contributed by atoms with E-state index in [1.54, 1.807) is 0 Å². The number of carbonyl (C=O) groups is 2. The van der Waals surface area contributed by atoms with Crippen molar-refractivity contribution >= 4 is 19.8 Å². The van der Waals surface area contributed by atoms with Gasteiger partial charge in [0.2, 0.25) is 0 Å². The molecule has 11 heteroatoms. The number of carbonyl (C=O) groups excluding carboxylic acids is 2. The first-order valence-electron chi connectivity index (χ1n) is 20.6. The standard InChI is InChI=1S/C40H77O10P/c1-3-5-7-9-11-13-15-17-19-21-23-25-27-29-31-39(43)47-35-38(36-49-51(45,46)48-34-37(42)33-41)50-40(44)32-30-28-26-24-22-20-18-16-14-12-10-8-6-4-2/h16,18,37-38,41-42H,3-15,17,19-36H2,1-2H3,(H,45,46)/b18-16-/t37-,38+/m0/s1. The van der Waals surface area contributed by atoms with Crippen LogP contribution in [-0.2, 0) is 32.7 Å². The fourth-order valence-electron chi connectivity index (χ4n) is 5.69.